The summed E-state index contributed by atoms with van der Waals surface area (Å²) in [4.78, 5) is 11.9. The number of amides is 1. The molecule has 7 nitrogen and oxygen atoms in total. The lowest BCUT2D eigenvalue weighted by atomic mass is 10.1. The van der Waals surface area contributed by atoms with Gasteiger partial charge in [-0.25, -0.2) is 0 Å². The van der Waals surface area contributed by atoms with Crippen LogP contribution in [0.5, 0.6) is 0 Å². The highest BCUT2D eigenvalue weighted by atomic mass is 16.5. The van der Waals surface area contributed by atoms with E-state index in [1.54, 1.807) is 4.68 Å². The SMILES string of the molecule is O=C(C[C@H]1CCOC1)NCc1nnnn1-c1ccccc1. The molecule has 1 fully saturated rings. The van der Waals surface area contributed by atoms with Gasteiger partial charge in [0.1, 0.15) is 0 Å². The molecule has 2 aromatic rings. The predicted octanol–water partition coefficient (Wildman–Crippen LogP) is 0.705. The minimum atomic E-state index is 0.00751. The molecular formula is C14H17N5O2. The predicted molar refractivity (Wildman–Crippen MR) is 74.5 cm³/mol. The topological polar surface area (TPSA) is 81.9 Å². The van der Waals surface area contributed by atoms with Gasteiger partial charge in [0, 0.05) is 19.6 Å². The Morgan fingerprint density at radius 3 is 3.00 bits per heavy atom. The Morgan fingerprint density at radius 1 is 1.38 bits per heavy atom. The van der Waals surface area contributed by atoms with Crippen molar-refractivity contribution in [1.82, 2.24) is 25.5 Å². The molecule has 1 atom stereocenters. The van der Waals surface area contributed by atoms with Gasteiger partial charge < -0.3 is 10.1 Å². The molecule has 0 spiro atoms. The third kappa shape index (κ3) is 3.43. The Balaban J connectivity index is 1.58. The van der Waals surface area contributed by atoms with Gasteiger partial charge in [0.15, 0.2) is 5.82 Å². The number of tetrazole rings is 1. The van der Waals surface area contributed by atoms with Crippen LogP contribution in [0.1, 0.15) is 18.7 Å². The highest BCUT2D eigenvalue weighted by Gasteiger charge is 2.19. The number of carbonyl (C=O) groups excluding carboxylic acids is 1. The molecule has 110 valence electrons. The largest absolute Gasteiger partial charge is 0.381 e. The van der Waals surface area contributed by atoms with Gasteiger partial charge in [-0.1, -0.05) is 18.2 Å². The lowest BCUT2D eigenvalue weighted by molar-refractivity contribution is -0.122. The second-order valence-corrected chi connectivity index (χ2v) is 5.05. The van der Waals surface area contributed by atoms with Crippen LogP contribution in [0, 0.1) is 5.92 Å². The van der Waals surface area contributed by atoms with Crippen LogP contribution in [0.2, 0.25) is 0 Å². The third-order valence-electron chi connectivity index (χ3n) is 3.48. The van der Waals surface area contributed by atoms with Gasteiger partial charge in [-0.05, 0) is 34.9 Å². The molecular weight excluding hydrogens is 270 g/mol. The Hall–Kier alpha value is -2.28. The van der Waals surface area contributed by atoms with Gasteiger partial charge in [0.25, 0.3) is 0 Å². The average Bonchev–Trinajstić information content (AvgIpc) is 3.17. The van der Waals surface area contributed by atoms with E-state index in [1.165, 1.54) is 0 Å². The average molecular weight is 287 g/mol. The van der Waals surface area contributed by atoms with Gasteiger partial charge in [0.2, 0.25) is 5.91 Å². The summed E-state index contributed by atoms with van der Waals surface area (Å²) < 4.78 is 6.89. The molecule has 1 aliphatic rings. The van der Waals surface area contributed by atoms with Crippen molar-refractivity contribution in [3.63, 3.8) is 0 Å². The van der Waals surface area contributed by atoms with E-state index < -0.39 is 0 Å². The summed E-state index contributed by atoms with van der Waals surface area (Å²) in [6.07, 6.45) is 1.45. The molecule has 1 aromatic heterocycles. The molecule has 21 heavy (non-hydrogen) atoms. The highest BCUT2D eigenvalue weighted by Crippen LogP contribution is 2.16. The standard InChI is InChI=1S/C14H17N5O2/c20-14(8-11-6-7-21-10-11)15-9-13-16-17-18-19(13)12-4-2-1-3-5-12/h1-5,11H,6-10H2,(H,15,20)/t11-/m1/s1. The van der Waals surface area contributed by atoms with E-state index in [0.29, 0.717) is 31.3 Å². The zero-order chi connectivity index (χ0) is 14.5. The summed E-state index contributed by atoms with van der Waals surface area (Å²) in [5.74, 6) is 0.945. The van der Waals surface area contributed by atoms with Crippen molar-refractivity contribution < 1.29 is 9.53 Å². The molecule has 0 bridgehead atoms. The van der Waals surface area contributed by atoms with Gasteiger partial charge in [0.05, 0.1) is 12.2 Å². The summed E-state index contributed by atoms with van der Waals surface area (Å²) in [5, 5.41) is 14.4. The van der Waals surface area contributed by atoms with Crippen molar-refractivity contribution in [2.45, 2.75) is 19.4 Å². The van der Waals surface area contributed by atoms with Crippen LogP contribution in [0.4, 0.5) is 0 Å². The number of nitrogens with one attached hydrogen (secondary N) is 1. The first-order valence-corrected chi connectivity index (χ1v) is 7.00. The number of carbonyl (C=O) groups is 1. The van der Waals surface area contributed by atoms with E-state index in [0.717, 1.165) is 18.7 Å². The number of aromatic nitrogens is 4. The number of benzene rings is 1. The van der Waals surface area contributed by atoms with Crippen LogP contribution in [0.3, 0.4) is 0 Å². The van der Waals surface area contributed by atoms with Crippen LogP contribution in [0.25, 0.3) is 5.69 Å². The fourth-order valence-corrected chi connectivity index (χ4v) is 2.34. The molecule has 0 unspecified atom stereocenters. The first-order valence-electron chi connectivity index (χ1n) is 7.00. The summed E-state index contributed by atoms with van der Waals surface area (Å²) in [6.45, 7) is 1.74. The second kappa shape index (κ2) is 6.45. The Kier molecular flexibility index (Phi) is 4.20. The van der Waals surface area contributed by atoms with Crippen molar-refractivity contribution >= 4 is 5.91 Å². The normalized spacial score (nSPS) is 17.8. The number of hydrogen-bond acceptors (Lipinski definition) is 5. The molecule has 2 heterocycles. The van der Waals surface area contributed by atoms with E-state index in [2.05, 4.69) is 20.8 Å². The first kappa shape index (κ1) is 13.7. The van der Waals surface area contributed by atoms with Crippen molar-refractivity contribution in [3.05, 3.63) is 36.2 Å². The summed E-state index contributed by atoms with van der Waals surface area (Å²) in [6, 6.07) is 9.59. The van der Waals surface area contributed by atoms with E-state index in [-0.39, 0.29) is 5.91 Å². The zero-order valence-corrected chi connectivity index (χ0v) is 11.6. The molecule has 7 heteroatoms. The van der Waals surface area contributed by atoms with E-state index in [4.69, 9.17) is 4.74 Å². The maximum atomic E-state index is 11.9. The first-order chi connectivity index (χ1) is 10.3. The molecule has 0 radical (unpaired) electrons. The molecule has 3 rings (SSSR count). The maximum absolute atomic E-state index is 11.9. The fraction of sp³-hybridized carbons (Fsp3) is 0.429. The lowest BCUT2D eigenvalue weighted by Gasteiger charge is -2.08. The Labute approximate surface area is 122 Å². The van der Waals surface area contributed by atoms with Crippen molar-refractivity contribution in [3.8, 4) is 5.69 Å². The molecule has 0 aliphatic carbocycles. The minimum Gasteiger partial charge on any atom is -0.381 e. The lowest BCUT2D eigenvalue weighted by Crippen LogP contribution is -2.26. The second-order valence-electron chi connectivity index (χ2n) is 5.05. The van der Waals surface area contributed by atoms with Crippen LogP contribution in [-0.4, -0.2) is 39.3 Å². The third-order valence-corrected chi connectivity index (χ3v) is 3.48. The van der Waals surface area contributed by atoms with Gasteiger partial charge in [-0.3, -0.25) is 4.79 Å². The van der Waals surface area contributed by atoms with Crippen LogP contribution >= 0.6 is 0 Å². The summed E-state index contributed by atoms with van der Waals surface area (Å²) >= 11 is 0. The molecule has 1 saturated heterocycles. The molecule has 1 aliphatic heterocycles. The minimum absolute atomic E-state index is 0.00751. The van der Waals surface area contributed by atoms with E-state index >= 15 is 0 Å². The fourth-order valence-electron chi connectivity index (χ4n) is 2.34. The zero-order valence-electron chi connectivity index (χ0n) is 11.6. The van der Waals surface area contributed by atoms with Crippen LogP contribution < -0.4 is 5.32 Å². The number of para-hydroxylation sites is 1. The van der Waals surface area contributed by atoms with Crippen LogP contribution in [-0.2, 0) is 16.1 Å². The monoisotopic (exact) mass is 287 g/mol. The summed E-state index contributed by atoms with van der Waals surface area (Å²) in [7, 11) is 0. The van der Waals surface area contributed by atoms with Crippen molar-refractivity contribution in [1.29, 1.82) is 0 Å². The Bertz CT molecular complexity index is 592. The number of nitrogens with zero attached hydrogens (tertiary/aromatic N) is 4. The van der Waals surface area contributed by atoms with Gasteiger partial charge in [-0.15, -0.1) is 5.10 Å². The number of rotatable bonds is 5. The Morgan fingerprint density at radius 2 is 2.24 bits per heavy atom. The van der Waals surface area contributed by atoms with Crippen LogP contribution in [0.15, 0.2) is 30.3 Å². The van der Waals surface area contributed by atoms with E-state index in [1.807, 2.05) is 30.3 Å². The number of hydrogen-bond donors (Lipinski definition) is 1. The molecule has 0 saturated carbocycles. The quantitative estimate of drug-likeness (QED) is 0.875. The molecule has 1 amide bonds. The number of ether oxygens (including phenoxy) is 1. The summed E-state index contributed by atoms with van der Waals surface area (Å²) in [5.41, 5.74) is 0.871. The van der Waals surface area contributed by atoms with Gasteiger partial charge >= 0.3 is 0 Å². The highest BCUT2D eigenvalue weighted by molar-refractivity contribution is 5.76. The van der Waals surface area contributed by atoms with Crippen molar-refractivity contribution in [2.24, 2.45) is 5.92 Å². The molecule has 1 aromatic carbocycles. The van der Waals surface area contributed by atoms with E-state index in [9.17, 15) is 4.79 Å². The van der Waals surface area contributed by atoms with Crippen molar-refractivity contribution in [2.75, 3.05) is 13.2 Å². The maximum Gasteiger partial charge on any atom is 0.220 e. The smallest absolute Gasteiger partial charge is 0.220 e. The van der Waals surface area contributed by atoms with Gasteiger partial charge in [-0.2, -0.15) is 4.68 Å². The molecule has 1 N–H and O–H groups in total.